The van der Waals surface area contributed by atoms with Crippen molar-refractivity contribution in [1.29, 1.82) is 0 Å². The molecule has 0 spiro atoms. The first kappa shape index (κ1) is 13.9. The summed E-state index contributed by atoms with van der Waals surface area (Å²) in [7, 11) is 1.49. The van der Waals surface area contributed by atoms with Crippen molar-refractivity contribution in [3.63, 3.8) is 0 Å². The number of aryl methyl sites for hydroxylation is 1. The van der Waals surface area contributed by atoms with E-state index in [0.29, 0.717) is 23.0 Å². The minimum absolute atomic E-state index is 0.0791. The van der Waals surface area contributed by atoms with E-state index in [1.165, 1.54) is 11.6 Å². The maximum atomic E-state index is 13.4. The molecule has 0 radical (unpaired) electrons. The van der Waals surface area contributed by atoms with Gasteiger partial charge in [0.1, 0.15) is 5.69 Å². The smallest absolute Gasteiger partial charge is 0.340 e. The average molecular weight is 347 g/mol. The molecule has 20 heavy (non-hydrogen) atoms. The standard InChI is InChI=1S/C14H14BrF3N2/c1-20-11-3-2-9(15)6-10(11)12(8-4-5-19-7-8)13(20)14(16,17)18/h2-3,6,8,19H,4-5,7H2,1H3. The van der Waals surface area contributed by atoms with Crippen molar-refractivity contribution in [2.45, 2.75) is 18.5 Å². The normalized spacial score (nSPS) is 19.9. The van der Waals surface area contributed by atoms with Crippen LogP contribution in [0.15, 0.2) is 22.7 Å². The monoisotopic (exact) mass is 346 g/mol. The SMILES string of the molecule is Cn1c(C(F)(F)F)c(C2CCNC2)c2cc(Br)ccc21. The molecule has 2 heterocycles. The van der Waals surface area contributed by atoms with Gasteiger partial charge < -0.3 is 9.88 Å². The molecule has 1 aliphatic heterocycles. The van der Waals surface area contributed by atoms with Crippen LogP contribution in [0.4, 0.5) is 13.2 Å². The fourth-order valence-electron chi connectivity index (χ4n) is 3.10. The third-order valence-corrected chi connectivity index (χ3v) is 4.43. The Morgan fingerprint density at radius 1 is 1.35 bits per heavy atom. The van der Waals surface area contributed by atoms with E-state index in [1.807, 2.05) is 0 Å². The Hall–Kier alpha value is -1.01. The van der Waals surface area contributed by atoms with Gasteiger partial charge in [0.15, 0.2) is 0 Å². The van der Waals surface area contributed by atoms with E-state index in [1.54, 1.807) is 18.2 Å². The van der Waals surface area contributed by atoms with Crippen LogP contribution >= 0.6 is 15.9 Å². The van der Waals surface area contributed by atoms with Gasteiger partial charge in [0.05, 0.1) is 0 Å². The first-order chi connectivity index (χ1) is 9.39. The van der Waals surface area contributed by atoms with Gasteiger partial charge in [-0.1, -0.05) is 15.9 Å². The Kier molecular flexibility index (Phi) is 3.33. The van der Waals surface area contributed by atoms with Crippen LogP contribution in [0.5, 0.6) is 0 Å². The first-order valence-electron chi connectivity index (χ1n) is 6.45. The molecule has 6 heteroatoms. The molecule has 0 aliphatic carbocycles. The topological polar surface area (TPSA) is 17.0 Å². The van der Waals surface area contributed by atoms with Crippen molar-refractivity contribution in [2.24, 2.45) is 7.05 Å². The predicted octanol–water partition coefficient (Wildman–Crippen LogP) is 4.04. The number of benzene rings is 1. The molecule has 0 bridgehead atoms. The molecule has 1 aromatic heterocycles. The van der Waals surface area contributed by atoms with Crippen molar-refractivity contribution in [3.05, 3.63) is 33.9 Å². The quantitative estimate of drug-likeness (QED) is 0.824. The Labute approximate surface area is 123 Å². The van der Waals surface area contributed by atoms with Crippen LogP contribution in [0, 0.1) is 0 Å². The van der Waals surface area contributed by atoms with Gasteiger partial charge in [-0.3, -0.25) is 0 Å². The Bertz CT molecular complexity index is 654. The molecule has 2 nitrogen and oxygen atoms in total. The molecule has 3 rings (SSSR count). The van der Waals surface area contributed by atoms with E-state index in [-0.39, 0.29) is 5.92 Å². The first-order valence-corrected chi connectivity index (χ1v) is 7.24. The van der Waals surface area contributed by atoms with Gasteiger partial charge >= 0.3 is 6.18 Å². The summed E-state index contributed by atoms with van der Waals surface area (Å²) >= 11 is 3.35. The molecule has 1 fully saturated rings. The second-order valence-electron chi connectivity index (χ2n) is 5.17. The molecule has 1 N–H and O–H groups in total. The zero-order valence-electron chi connectivity index (χ0n) is 10.9. The van der Waals surface area contributed by atoms with Crippen LogP contribution < -0.4 is 5.32 Å². The Morgan fingerprint density at radius 3 is 2.70 bits per heavy atom. The van der Waals surface area contributed by atoms with Crippen molar-refractivity contribution in [3.8, 4) is 0 Å². The number of alkyl halides is 3. The number of hydrogen-bond donors (Lipinski definition) is 1. The van der Waals surface area contributed by atoms with Gasteiger partial charge in [-0.2, -0.15) is 13.2 Å². The average Bonchev–Trinajstić information content (AvgIpc) is 2.94. The van der Waals surface area contributed by atoms with Crippen LogP contribution in [0.2, 0.25) is 0 Å². The summed E-state index contributed by atoms with van der Waals surface area (Å²) in [5, 5.41) is 3.85. The molecule has 1 aliphatic rings. The summed E-state index contributed by atoms with van der Waals surface area (Å²) in [4.78, 5) is 0. The Morgan fingerprint density at radius 2 is 2.10 bits per heavy atom. The maximum Gasteiger partial charge on any atom is 0.431 e. The maximum absolute atomic E-state index is 13.4. The summed E-state index contributed by atoms with van der Waals surface area (Å²) in [6.07, 6.45) is -3.59. The lowest BCUT2D eigenvalue weighted by molar-refractivity contribution is -0.143. The number of aromatic nitrogens is 1. The van der Waals surface area contributed by atoms with Crippen molar-refractivity contribution in [2.75, 3.05) is 13.1 Å². The number of rotatable bonds is 1. The lowest BCUT2D eigenvalue weighted by atomic mass is 9.95. The highest BCUT2D eigenvalue weighted by atomic mass is 79.9. The van der Waals surface area contributed by atoms with E-state index in [9.17, 15) is 13.2 Å². The van der Waals surface area contributed by atoms with E-state index < -0.39 is 11.9 Å². The van der Waals surface area contributed by atoms with Gasteiger partial charge in [-0.05, 0) is 36.7 Å². The van der Waals surface area contributed by atoms with Gasteiger partial charge in [0.25, 0.3) is 0 Å². The fraction of sp³-hybridized carbons (Fsp3) is 0.429. The zero-order valence-corrected chi connectivity index (χ0v) is 12.5. The van der Waals surface area contributed by atoms with Crippen LogP contribution in [-0.2, 0) is 13.2 Å². The largest absolute Gasteiger partial charge is 0.431 e. The van der Waals surface area contributed by atoms with Crippen LogP contribution in [0.25, 0.3) is 10.9 Å². The van der Waals surface area contributed by atoms with Gasteiger partial charge in [0, 0.05) is 34.9 Å². The number of nitrogens with one attached hydrogen (secondary N) is 1. The third-order valence-electron chi connectivity index (χ3n) is 3.94. The lowest BCUT2D eigenvalue weighted by Gasteiger charge is -2.15. The summed E-state index contributed by atoms with van der Waals surface area (Å²) < 4.78 is 42.4. The van der Waals surface area contributed by atoms with Gasteiger partial charge in [0.2, 0.25) is 0 Å². The molecule has 0 saturated carbocycles. The van der Waals surface area contributed by atoms with E-state index >= 15 is 0 Å². The fourth-order valence-corrected chi connectivity index (χ4v) is 3.46. The molecule has 0 amide bonds. The van der Waals surface area contributed by atoms with E-state index in [0.717, 1.165) is 17.4 Å². The number of fused-ring (bicyclic) bond motifs is 1. The number of hydrogen-bond acceptors (Lipinski definition) is 1. The molecule has 1 aromatic carbocycles. The third kappa shape index (κ3) is 2.15. The molecule has 108 valence electrons. The second kappa shape index (κ2) is 4.77. The van der Waals surface area contributed by atoms with Gasteiger partial charge in [-0.15, -0.1) is 0 Å². The van der Waals surface area contributed by atoms with Crippen molar-refractivity contribution < 1.29 is 13.2 Å². The molecule has 2 aromatic rings. The highest BCUT2D eigenvalue weighted by Crippen LogP contribution is 2.43. The Balaban J connectivity index is 2.34. The summed E-state index contributed by atoms with van der Waals surface area (Å²) in [6.45, 7) is 1.38. The van der Waals surface area contributed by atoms with Gasteiger partial charge in [-0.25, -0.2) is 0 Å². The zero-order chi connectivity index (χ0) is 14.5. The summed E-state index contributed by atoms with van der Waals surface area (Å²) in [5.41, 5.74) is 0.544. The number of halogens is 4. The van der Waals surface area contributed by atoms with Crippen molar-refractivity contribution >= 4 is 26.8 Å². The minimum atomic E-state index is -4.34. The molecule has 1 unspecified atom stereocenters. The van der Waals surface area contributed by atoms with E-state index in [4.69, 9.17) is 0 Å². The number of nitrogens with zero attached hydrogens (tertiary/aromatic N) is 1. The molecular weight excluding hydrogens is 333 g/mol. The predicted molar refractivity (Wildman–Crippen MR) is 75.8 cm³/mol. The minimum Gasteiger partial charge on any atom is -0.340 e. The van der Waals surface area contributed by atoms with E-state index in [2.05, 4.69) is 21.2 Å². The summed E-state index contributed by atoms with van der Waals surface area (Å²) in [5.74, 6) is -0.0791. The van der Waals surface area contributed by atoms with Crippen LogP contribution in [0.1, 0.15) is 23.6 Å². The molecule has 1 atom stereocenters. The molecular formula is C14H14BrF3N2. The van der Waals surface area contributed by atoms with Crippen LogP contribution in [0.3, 0.4) is 0 Å². The van der Waals surface area contributed by atoms with Crippen LogP contribution in [-0.4, -0.2) is 17.7 Å². The molecule has 1 saturated heterocycles. The van der Waals surface area contributed by atoms with Crippen molar-refractivity contribution in [1.82, 2.24) is 9.88 Å². The lowest BCUT2D eigenvalue weighted by Crippen LogP contribution is -2.16. The highest BCUT2D eigenvalue weighted by Gasteiger charge is 2.40. The summed E-state index contributed by atoms with van der Waals surface area (Å²) in [6, 6.07) is 5.30. The highest BCUT2D eigenvalue weighted by molar-refractivity contribution is 9.10. The second-order valence-corrected chi connectivity index (χ2v) is 6.09.